The van der Waals surface area contributed by atoms with E-state index in [2.05, 4.69) is 9.72 Å². The van der Waals surface area contributed by atoms with Crippen molar-refractivity contribution < 1.29 is 22.6 Å². The summed E-state index contributed by atoms with van der Waals surface area (Å²) in [6.45, 7) is -0.107. The Morgan fingerprint density at radius 2 is 2.17 bits per heavy atom. The van der Waals surface area contributed by atoms with E-state index in [1.54, 1.807) is 6.07 Å². The van der Waals surface area contributed by atoms with Crippen molar-refractivity contribution in [3.63, 3.8) is 0 Å². The Kier molecular flexibility index (Phi) is 4.33. The molecule has 0 aliphatic heterocycles. The molecule has 0 fully saturated rings. The first-order valence-corrected chi connectivity index (χ1v) is 4.80. The Hall–Kier alpha value is -2.01. The molecule has 2 N–H and O–H groups in total. The lowest BCUT2D eigenvalue weighted by Gasteiger charge is -2.14. The van der Waals surface area contributed by atoms with E-state index in [0.717, 1.165) is 0 Å². The maximum atomic E-state index is 12.2. The summed E-state index contributed by atoms with van der Waals surface area (Å²) in [4.78, 5) is 3.62. The molecule has 1 heterocycles. The Morgan fingerprint density at radius 1 is 1.50 bits per heavy atom. The number of hydrogen-bond donors (Lipinski definition) is 1. The van der Waals surface area contributed by atoms with E-state index in [1.165, 1.54) is 13.2 Å². The van der Waals surface area contributed by atoms with E-state index in [1.807, 2.05) is 0 Å². The highest BCUT2D eigenvalue weighted by molar-refractivity contribution is 5.40. The van der Waals surface area contributed by atoms with Crippen LogP contribution in [0.5, 0.6) is 11.6 Å². The van der Waals surface area contributed by atoms with E-state index in [9.17, 15) is 13.2 Å². The molecule has 0 radical (unpaired) electrons. The fraction of sp³-hybridized carbons (Fsp3) is 0.400. The van der Waals surface area contributed by atoms with Crippen LogP contribution < -0.4 is 15.2 Å². The highest BCUT2D eigenvalue weighted by Gasteiger charge is 2.33. The van der Waals surface area contributed by atoms with Crippen LogP contribution in [0.2, 0.25) is 0 Å². The fourth-order valence-corrected chi connectivity index (χ4v) is 1.29. The van der Waals surface area contributed by atoms with Gasteiger partial charge in [-0.2, -0.15) is 5.26 Å². The second kappa shape index (κ2) is 5.55. The van der Waals surface area contributed by atoms with Crippen LogP contribution in [0.15, 0.2) is 6.07 Å². The van der Waals surface area contributed by atoms with Gasteiger partial charge in [-0.15, -0.1) is 13.2 Å². The molecule has 1 aromatic heterocycles. The molecule has 5 nitrogen and oxygen atoms in total. The van der Waals surface area contributed by atoms with Gasteiger partial charge < -0.3 is 15.2 Å². The molecule has 8 heteroatoms. The molecule has 0 amide bonds. The number of nitrogens with two attached hydrogens (primary N) is 1. The molecule has 0 aromatic carbocycles. The molecule has 0 atom stereocenters. The number of rotatable bonds is 4. The lowest BCUT2D eigenvalue weighted by Crippen LogP contribution is -2.20. The molecular formula is C10H10F3N3O2. The van der Waals surface area contributed by atoms with Gasteiger partial charge in [-0.1, -0.05) is 0 Å². The Labute approximate surface area is 101 Å². The van der Waals surface area contributed by atoms with Gasteiger partial charge in [0.1, 0.15) is 5.75 Å². The van der Waals surface area contributed by atoms with Crippen LogP contribution in [0, 0.1) is 11.3 Å². The lowest BCUT2D eigenvalue weighted by molar-refractivity contribution is -0.276. The molecule has 0 spiro atoms. The van der Waals surface area contributed by atoms with Crippen LogP contribution in [0.3, 0.4) is 0 Å². The van der Waals surface area contributed by atoms with Crippen molar-refractivity contribution in [1.82, 2.24) is 4.98 Å². The van der Waals surface area contributed by atoms with Gasteiger partial charge in [-0.05, 0) is 6.07 Å². The molecule has 0 saturated heterocycles. The molecule has 0 aliphatic rings. The maximum absolute atomic E-state index is 12.2. The topological polar surface area (TPSA) is 81.2 Å². The summed E-state index contributed by atoms with van der Waals surface area (Å²) in [5.74, 6) is -0.456. The maximum Gasteiger partial charge on any atom is 0.574 e. The Bertz CT molecular complexity index is 469. The van der Waals surface area contributed by atoms with E-state index >= 15 is 0 Å². The summed E-state index contributed by atoms with van der Waals surface area (Å²) in [5, 5.41) is 8.55. The van der Waals surface area contributed by atoms with Gasteiger partial charge in [0.15, 0.2) is 0 Å². The van der Waals surface area contributed by atoms with Gasteiger partial charge in [0, 0.05) is 12.1 Å². The minimum atomic E-state index is -4.88. The molecule has 98 valence electrons. The molecule has 0 aliphatic carbocycles. The summed E-state index contributed by atoms with van der Waals surface area (Å²) in [6, 6.07) is 2.99. The number of alkyl halides is 3. The second-order valence-electron chi connectivity index (χ2n) is 3.19. The highest BCUT2D eigenvalue weighted by atomic mass is 19.4. The number of halogens is 3. The zero-order valence-electron chi connectivity index (χ0n) is 9.41. The average Bonchev–Trinajstić information content (AvgIpc) is 2.29. The van der Waals surface area contributed by atoms with Crippen molar-refractivity contribution in [1.29, 1.82) is 5.26 Å². The average molecular weight is 261 g/mol. The molecule has 1 aromatic rings. The predicted molar refractivity (Wildman–Crippen MR) is 54.7 cm³/mol. The van der Waals surface area contributed by atoms with E-state index in [-0.39, 0.29) is 30.0 Å². The smallest absolute Gasteiger partial charge is 0.495 e. The third kappa shape index (κ3) is 3.49. The number of aromatic nitrogens is 1. The first kappa shape index (κ1) is 14.1. The van der Waals surface area contributed by atoms with Crippen LogP contribution in [-0.2, 0) is 13.0 Å². The van der Waals surface area contributed by atoms with Gasteiger partial charge >= 0.3 is 6.36 Å². The standard InChI is InChI=1S/C10H10F3N3O2/c1-17-8-4-6(2-3-14)9(16-7(8)5-15)18-10(11,12)13/h4H,2,5,15H2,1H3. The summed E-state index contributed by atoms with van der Waals surface area (Å²) < 4.78 is 45.2. The van der Waals surface area contributed by atoms with Crippen molar-refractivity contribution in [2.75, 3.05) is 7.11 Å². The second-order valence-corrected chi connectivity index (χ2v) is 3.19. The van der Waals surface area contributed by atoms with E-state index in [0.29, 0.717) is 0 Å². The van der Waals surface area contributed by atoms with Crippen LogP contribution >= 0.6 is 0 Å². The quantitative estimate of drug-likeness (QED) is 0.888. The van der Waals surface area contributed by atoms with Gasteiger partial charge in [0.25, 0.3) is 0 Å². The van der Waals surface area contributed by atoms with Crippen molar-refractivity contribution in [3.8, 4) is 17.7 Å². The molecule has 0 unspecified atom stereocenters. The van der Waals surface area contributed by atoms with Gasteiger partial charge in [0.2, 0.25) is 5.88 Å². The van der Waals surface area contributed by atoms with Crippen LogP contribution in [0.4, 0.5) is 13.2 Å². The minimum absolute atomic E-state index is 0.0103. The van der Waals surface area contributed by atoms with Crippen LogP contribution in [0.25, 0.3) is 0 Å². The van der Waals surface area contributed by atoms with Crippen molar-refractivity contribution in [2.24, 2.45) is 5.73 Å². The molecule has 0 saturated carbocycles. The Morgan fingerprint density at radius 3 is 2.61 bits per heavy atom. The number of nitrogens with zero attached hydrogens (tertiary/aromatic N) is 2. The first-order chi connectivity index (χ1) is 8.41. The van der Waals surface area contributed by atoms with Crippen molar-refractivity contribution >= 4 is 0 Å². The Balaban J connectivity index is 3.25. The van der Waals surface area contributed by atoms with E-state index in [4.69, 9.17) is 15.7 Å². The number of hydrogen-bond acceptors (Lipinski definition) is 5. The van der Waals surface area contributed by atoms with Gasteiger partial charge in [0.05, 0.1) is 25.3 Å². The molecule has 1 rings (SSSR count). The predicted octanol–water partition coefficient (Wildman–Crippen LogP) is 1.51. The monoisotopic (exact) mass is 261 g/mol. The summed E-state index contributed by atoms with van der Waals surface area (Å²) in [5.41, 5.74) is 5.45. The van der Waals surface area contributed by atoms with Crippen molar-refractivity contribution in [3.05, 3.63) is 17.3 Å². The normalized spacial score (nSPS) is 10.9. The summed E-state index contributed by atoms with van der Waals surface area (Å²) in [6.07, 6.45) is -5.16. The zero-order valence-corrected chi connectivity index (χ0v) is 9.41. The van der Waals surface area contributed by atoms with Gasteiger partial charge in [-0.25, -0.2) is 4.98 Å². The van der Waals surface area contributed by atoms with Crippen LogP contribution in [0.1, 0.15) is 11.3 Å². The number of nitriles is 1. The third-order valence-electron chi connectivity index (χ3n) is 2.00. The number of methoxy groups -OCH3 is 1. The zero-order chi connectivity index (χ0) is 13.8. The number of ether oxygens (including phenoxy) is 2. The molecular weight excluding hydrogens is 251 g/mol. The SMILES string of the molecule is COc1cc(CC#N)c(OC(F)(F)F)nc1CN. The molecule has 18 heavy (non-hydrogen) atoms. The minimum Gasteiger partial charge on any atom is -0.495 e. The summed E-state index contributed by atoms with van der Waals surface area (Å²) in [7, 11) is 1.33. The van der Waals surface area contributed by atoms with Crippen LogP contribution in [-0.4, -0.2) is 18.5 Å². The number of pyridine rings is 1. The third-order valence-corrected chi connectivity index (χ3v) is 2.00. The highest BCUT2D eigenvalue weighted by Crippen LogP contribution is 2.29. The fourth-order valence-electron chi connectivity index (χ4n) is 1.29. The molecule has 0 bridgehead atoms. The largest absolute Gasteiger partial charge is 0.574 e. The van der Waals surface area contributed by atoms with E-state index < -0.39 is 12.2 Å². The lowest BCUT2D eigenvalue weighted by atomic mass is 10.2. The summed E-state index contributed by atoms with van der Waals surface area (Å²) >= 11 is 0. The first-order valence-electron chi connectivity index (χ1n) is 4.80. The van der Waals surface area contributed by atoms with Gasteiger partial charge in [-0.3, -0.25) is 0 Å². The van der Waals surface area contributed by atoms with Crippen molar-refractivity contribution in [2.45, 2.75) is 19.3 Å².